The molecule has 1 aliphatic carbocycles. The number of aryl methyl sites for hydroxylation is 1. The fraction of sp³-hybridized carbons (Fsp3) is 0.312. The van der Waals surface area contributed by atoms with Gasteiger partial charge in [-0.1, -0.05) is 84.0 Å². The first-order valence-electron chi connectivity index (χ1n) is 13.1. The smallest absolute Gasteiger partial charge is 0.314 e. The zero-order valence-electron chi connectivity index (χ0n) is 21.4. The van der Waals surface area contributed by atoms with Gasteiger partial charge >= 0.3 is 5.97 Å². The van der Waals surface area contributed by atoms with Crippen molar-refractivity contribution in [1.29, 1.82) is 0 Å². The van der Waals surface area contributed by atoms with E-state index in [1.165, 1.54) is 5.56 Å². The van der Waals surface area contributed by atoms with Gasteiger partial charge in [0.2, 0.25) is 0 Å². The largest absolute Gasteiger partial charge is 0.481 e. The van der Waals surface area contributed by atoms with Crippen LogP contribution in [0.1, 0.15) is 61.1 Å². The lowest BCUT2D eigenvalue weighted by Crippen LogP contribution is -2.19. The molecule has 4 aromatic rings. The van der Waals surface area contributed by atoms with E-state index >= 15 is 0 Å². The fourth-order valence-corrected chi connectivity index (χ4v) is 5.14. The van der Waals surface area contributed by atoms with E-state index in [9.17, 15) is 9.90 Å². The number of carboxylic acid groups (broad SMARTS) is 1. The predicted molar refractivity (Wildman–Crippen MR) is 144 cm³/mol. The third kappa shape index (κ3) is 5.23. The van der Waals surface area contributed by atoms with Gasteiger partial charge in [0.05, 0.1) is 17.2 Å². The standard InChI is InChI=1S/C32H33NO4/c1-3-36-29(25-8-5-4-6-9-25)11-7-10-28-22(2)33-37-30(28)26-14-12-23(13-15-26)24-16-18-27(19-17-24)32(20-21-32)31(34)35/h4-6,8-9,12-19,29H,3,7,10-11,20-21H2,1-2H3,(H,34,35). The van der Waals surface area contributed by atoms with E-state index in [0.717, 1.165) is 58.5 Å². The molecule has 37 heavy (non-hydrogen) atoms. The molecule has 190 valence electrons. The molecule has 1 heterocycles. The second-order valence-electron chi connectivity index (χ2n) is 9.86. The Morgan fingerprint density at radius 2 is 1.59 bits per heavy atom. The van der Waals surface area contributed by atoms with Gasteiger partial charge in [0.15, 0.2) is 5.76 Å². The van der Waals surface area contributed by atoms with Crippen molar-refractivity contribution in [1.82, 2.24) is 5.16 Å². The summed E-state index contributed by atoms with van der Waals surface area (Å²) in [5, 5.41) is 13.8. The topological polar surface area (TPSA) is 72.6 Å². The zero-order valence-corrected chi connectivity index (χ0v) is 21.4. The maximum absolute atomic E-state index is 11.6. The van der Waals surface area contributed by atoms with Gasteiger partial charge in [0.1, 0.15) is 0 Å². The number of nitrogens with zero attached hydrogens (tertiary/aromatic N) is 1. The second kappa shape index (κ2) is 10.7. The molecule has 0 radical (unpaired) electrons. The Balaban J connectivity index is 1.27. The van der Waals surface area contributed by atoms with Gasteiger partial charge in [-0.3, -0.25) is 4.79 Å². The maximum Gasteiger partial charge on any atom is 0.314 e. The maximum atomic E-state index is 11.6. The number of carboxylic acids is 1. The van der Waals surface area contributed by atoms with Crippen molar-refractivity contribution in [2.45, 2.75) is 57.5 Å². The Hall–Kier alpha value is -3.70. The van der Waals surface area contributed by atoms with Crippen molar-refractivity contribution < 1.29 is 19.2 Å². The molecule has 5 heteroatoms. The molecule has 1 saturated carbocycles. The van der Waals surface area contributed by atoms with Crippen LogP contribution < -0.4 is 0 Å². The minimum absolute atomic E-state index is 0.0887. The van der Waals surface area contributed by atoms with E-state index in [2.05, 4.69) is 53.7 Å². The van der Waals surface area contributed by atoms with Crippen LogP contribution in [0.3, 0.4) is 0 Å². The second-order valence-corrected chi connectivity index (χ2v) is 9.86. The molecule has 0 amide bonds. The highest BCUT2D eigenvalue weighted by Gasteiger charge is 2.51. The summed E-state index contributed by atoms with van der Waals surface area (Å²) >= 11 is 0. The lowest BCUT2D eigenvalue weighted by molar-refractivity contribution is -0.140. The number of carbonyl (C=O) groups is 1. The lowest BCUT2D eigenvalue weighted by atomic mass is 9.93. The van der Waals surface area contributed by atoms with Gasteiger partial charge in [0, 0.05) is 17.7 Å². The normalized spacial score (nSPS) is 14.9. The van der Waals surface area contributed by atoms with Crippen molar-refractivity contribution in [2.75, 3.05) is 6.61 Å². The first-order chi connectivity index (χ1) is 18.0. The third-order valence-electron chi connectivity index (χ3n) is 7.49. The highest BCUT2D eigenvalue weighted by molar-refractivity contribution is 5.85. The molecule has 1 unspecified atom stereocenters. The highest BCUT2D eigenvalue weighted by atomic mass is 16.5. The first-order valence-corrected chi connectivity index (χ1v) is 13.1. The molecular formula is C32H33NO4. The van der Waals surface area contributed by atoms with E-state index in [4.69, 9.17) is 9.26 Å². The summed E-state index contributed by atoms with van der Waals surface area (Å²) < 4.78 is 11.8. The Bertz CT molecular complexity index is 1340. The van der Waals surface area contributed by atoms with Gasteiger partial charge in [-0.15, -0.1) is 0 Å². The van der Waals surface area contributed by atoms with Crippen molar-refractivity contribution >= 4 is 5.97 Å². The van der Waals surface area contributed by atoms with Crippen LogP contribution in [-0.4, -0.2) is 22.8 Å². The number of aromatic nitrogens is 1. The third-order valence-corrected chi connectivity index (χ3v) is 7.49. The number of hydrogen-bond donors (Lipinski definition) is 1. The van der Waals surface area contributed by atoms with Gasteiger partial charge < -0.3 is 14.4 Å². The van der Waals surface area contributed by atoms with Crippen molar-refractivity contribution in [3.8, 4) is 22.5 Å². The fourth-order valence-electron chi connectivity index (χ4n) is 5.14. The summed E-state index contributed by atoms with van der Waals surface area (Å²) in [7, 11) is 0. The summed E-state index contributed by atoms with van der Waals surface area (Å²) in [6.07, 6.45) is 4.29. The number of ether oxygens (including phenoxy) is 1. The summed E-state index contributed by atoms with van der Waals surface area (Å²) in [5.74, 6) is 0.0976. The van der Waals surface area contributed by atoms with E-state index in [1.54, 1.807) is 0 Å². The Labute approximate surface area is 218 Å². The molecule has 0 aliphatic heterocycles. The number of aliphatic carboxylic acids is 1. The Morgan fingerprint density at radius 1 is 0.973 bits per heavy atom. The van der Waals surface area contributed by atoms with Crippen LogP contribution in [-0.2, 0) is 21.4 Å². The van der Waals surface area contributed by atoms with Crippen molar-refractivity contribution in [2.24, 2.45) is 0 Å². The average molecular weight is 496 g/mol. The Kier molecular flexibility index (Phi) is 7.24. The minimum Gasteiger partial charge on any atom is -0.481 e. The van der Waals surface area contributed by atoms with Crippen LogP contribution in [0.15, 0.2) is 83.4 Å². The molecular weight excluding hydrogens is 462 g/mol. The molecule has 1 aromatic heterocycles. The quantitative estimate of drug-likeness (QED) is 0.233. The van der Waals surface area contributed by atoms with Crippen LogP contribution in [0.25, 0.3) is 22.5 Å². The molecule has 0 spiro atoms. The molecule has 5 nitrogen and oxygen atoms in total. The lowest BCUT2D eigenvalue weighted by Gasteiger charge is -2.17. The zero-order chi connectivity index (χ0) is 25.8. The molecule has 1 atom stereocenters. The summed E-state index contributed by atoms with van der Waals surface area (Å²) in [4.78, 5) is 11.6. The minimum atomic E-state index is -0.726. The Morgan fingerprint density at radius 3 is 2.19 bits per heavy atom. The van der Waals surface area contributed by atoms with Crippen LogP contribution in [0.5, 0.6) is 0 Å². The van der Waals surface area contributed by atoms with Crippen LogP contribution in [0.2, 0.25) is 0 Å². The van der Waals surface area contributed by atoms with Gasteiger partial charge in [-0.05, 0) is 68.2 Å². The summed E-state index contributed by atoms with van der Waals surface area (Å²) in [6.45, 7) is 4.72. The van der Waals surface area contributed by atoms with Crippen LogP contribution >= 0.6 is 0 Å². The predicted octanol–water partition coefficient (Wildman–Crippen LogP) is 7.53. The summed E-state index contributed by atoms with van der Waals surface area (Å²) in [5.41, 5.74) is 6.64. The van der Waals surface area contributed by atoms with Gasteiger partial charge in [-0.2, -0.15) is 0 Å². The molecule has 5 rings (SSSR count). The number of hydrogen-bond acceptors (Lipinski definition) is 4. The molecule has 1 fully saturated rings. The number of rotatable bonds is 11. The van der Waals surface area contributed by atoms with E-state index in [-0.39, 0.29) is 6.10 Å². The summed E-state index contributed by atoms with van der Waals surface area (Å²) in [6, 6.07) is 26.6. The highest BCUT2D eigenvalue weighted by Crippen LogP contribution is 2.48. The van der Waals surface area contributed by atoms with Crippen molar-refractivity contribution in [3.63, 3.8) is 0 Å². The molecule has 0 bridgehead atoms. The number of benzene rings is 3. The molecule has 1 N–H and O–H groups in total. The monoisotopic (exact) mass is 495 g/mol. The van der Waals surface area contributed by atoms with Crippen LogP contribution in [0, 0.1) is 6.92 Å². The van der Waals surface area contributed by atoms with E-state index in [0.29, 0.717) is 19.4 Å². The van der Waals surface area contributed by atoms with E-state index in [1.807, 2.05) is 44.2 Å². The molecule has 3 aromatic carbocycles. The molecule has 1 aliphatic rings. The van der Waals surface area contributed by atoms with Crippen molar-refractivity contribution in [3.05, 3.63) is 101 Å². The van der Waals surface area contributed by atoms with Gasteiger partial charge in [0.25, 0.3) is 0 Å². The first kappa shape index (κ1) is 25.0. The SMILES string of the molecule is CCOC(CCCc1c(C)noc1-c1ccc(-c2ccc(C3(C(=O)O)CC3)cc2)cc1)c1ccccc1. The van der Waals surface area contributed by atoms with Gasteiger partial charge in [-0.25, -0.2) is 0 Å². The molecule has 0 saturated heterocycles. The van der Waals surface area contributed by atoms with Crippen LogP contribution in [0.4, 0.5) is 0 Å². The average Bonchev–Trinajstić information content (AvgIpc) is 3.67. The van der Waals surface area contributed by atoms with E-state index < -0.39 is 11.4 Å².